The molecule has 196 valence electrons. The second kappa shape index (κ2) is 12.1. The molecule has 0 fully saturated rings. The zero-order valence-corrected chi connectivity index (χ0v) is 22.1. The highest BCUT2D eigenvalue weighted by molar-refractivity contribution is 7.92. The van der Waals surface area contributed by atoms with Crippen molar-refractivity contribution < 1.29 is 27.5 Å². The standard InChI is InChI=1S/C26H35N3O6S/c1-5-19(3)27-26(31)22(6-2)28(15-14-20-10-8-7-9-11-20)25(30)17-29(36(4,32)33)21-12-13-23-24(16-21)35-18-34-23/h7-13,16,19,22H,5-6,14-15,17-18H2,1-4H3,(H,27,31)/t19-,22+/m0/s1. The molecule has 0 radical (unpaired) electrons. The molecular formula is C26H35N3O6S. The number of anilines is 1. The van der Waals surface area contributed by atoms with Crippen molar-refractivity contribution in [2.45, 2.75) is 52.1 Å². The number of nitrogens with one attached hydrogen (secondary N) is 1. The van der Waals surface area contributed by atoms with Crippen LogP contribution in [0.25, 0.3) is 0 Å². The number of carbonyl (C=O) groups excluding carboxylic acids is 2. The summed E-state index contributed by atoms with van der Waals surface area (Å²) in [6.07, 6.45) is 2.73. The Morgan fingerprint density at radius 2 is 1.72 bits per heavy atom. The molecule has 0 aromatic heterocycles. The molecule has 0 saturated heterocycles. The molecule has 2 aromatic carbocycles. The van der Waals surface area contributed by atoms with Crippen molar-refractivity contribution in [1.82, 2.24) is 10.2 Å². The van der Waals surface area contributed by atoms with E-state index in [1.165, 1.54) is 11.0 Å². The van der Waals surface area contributed by atoms with E-state index in [0.717, 1.165) is 22.5 Å². The van der Waals surface area contributed by atoms with E-state index in [4.69, 9.17) is 9.47 Å². The monoisotopic (exact) mass is 517 g/mol. The van der Waals surface area contributed by atoms with Crippen molar-refractivity contribution in [3.05, 3.63) is 54.1 Å². The van der Waals surface area contributed by atoms with Gasteiger partial charge in [-0.25, -0.2) is 8.42 Å². The van der Waals surface area contributed by atoms with Crippen molar-refractivity contribution in [2.24, 2.45) is 0 Å². The van der Waals surface area contributed by atoms with E-state index in [1.54, 1.807) is 12.1 Å². The molecule has 1 aliphatic rings. The zero-order valence-electron chi connectivity index (χ0n) is 21.3. The van der Waals surface area contributed by atoms with Gasteiger partial charge in [0.25, 0.3) is 0 Å². The lowest BCUT2D eigenvalue weighted by Gasteiger charge is -2.33. The van der Waals surface area contributed by atoms with Crippen LogP contribution < -0.4 is 19.1 Å². The van der Waals surface area contributed by atoms with Crippen LogP contribution in [0.4, 0.5) is 5.69 Å². The molecule has 2 amide bonds. The van der Waals surface area contributed by atoms with E-state index in [0.29, 0.717) is 24.3 Å². The van der Waals surface area contributed by atoms with Crippen molar-refractivity contribution in [2.75, 3.05) is 30.4 Å². The van der Waals surface area contributed by atoms with Gasteiger partial charge in [0.15, 0.2) is 11.5 Å². The van der Waals surface area contributed by atoms with Crippen molar-refractivity contribution in [3.63, 3.8) is 0 Å². The number of hydrogen-bond acceptors (Lipinski definition) is 6. The highest BCUT2D eigenvalue weighted by atomic mass is 32.2. The second-order valence-corrected chi connectivity index (χ2v) is 10.8. The first-order chi connectivity index (χ1) is 17.1. The first-order valence-corrected chi connectivity index (χ1v) is 14.0. The highest BCUT2D eigenvalue weighted by Crippen LogP contribution is 2.36. The van der Waals surface area contributed by atoms with Gasteiger partial charge in [-0.2, -0.15) is 0 Å². The Labute approximate surface area is 213 Å². The summed E-state index contributed by atoms with van der Waals surface area (Å²) in [4.78, 5) is 28.3. The summed E-state index contributed by atoms with van der Waals surface area (Å²) in [7, 11) is -3.82. The van der Waals surface area contributed by atoms with Crippen LogP contribution in [0.1, 0.15) is 39.2 Å². The van der Waals surface area contributed by atoms with Gasteiger partial charge in [-0.15, -0.1) is 0 Å². The molecule has 9 nitrogen and oxygen atoms in total. The summed E-state index contributed by atoms with van der Waals surface area (Å²) in [5.41, 5.74) is 1.30. The molecular weight excluding hydrogens is 482 g/mol. The number of fused-ring (bicyclic) bond motifs is 1. The molecule has 36 heavy (non-hydrogen) atoms. The molecule has 0 unspecified atom stereocenters. The van der Waals surface area contributed by atoms with E-state index in [1.807, 2.05) is 51.1 Å². The molecule has 1 heterocycles. The Hall–Kier alpha value is -3.27. The van der Waals surface area contributed by atoms with Crippen LogP contribution in [0.5, 0.6) is 11.5 Å². The fourth-order valence-corrected chi connectivity index (χ4v) is 4.83. The van der Waals surface area contributed by atoms with Gasteiger partial charge in [-0.3, -0.25) is 13.9 Å². The summed E-state index contributed by atoms with van der Waals surface area (Å²) < 4.78 is 37.2. The summed E-state index contributed by atoms with van der Waals surface area (Å²) >= 11 is 0. The molecule has 2 aromatic rings. The normalized spacial score (nSPS) is 14.1. The van der Waals surface area contributed by atoms with Gasteiger partial charge in [0.1, 0.15) is 12.6 Å². The average Bonchev–Trinajstić information content (AvgIpc) is 3.32. The van der Waals surface area contributed by atoms with Crippen LogP contribution in [0.3, 0.4) is 0 Å². The molecule has 0 aliphatic carbocycles. The number of rotatable bonds is 12. The molecule has 2 atom stereocenters. The molecule has 0 spiro atoms. The zero-order chi connectivity index (χ0) is 26.3. The lowest BCUT2D eigenvalue weighted by Crippen LogP contribution is -2.54. The van der Waals surface area contributed by atoms with Crippen LogP contribution in [0.15, 0.2) is 48.5 Å². The van der Waals surface area contributed by atoms with E-state index in [9.17, 15) is 18.0 Å². The van der Waals surface area contributed by atoms with Crippen molar-refractivity contribution in [1.29, 1.82) is 0 Å². The van der Waals surface area contributed by atoms with Gasteiger partial charge in [0.05, 0.1) is 11.9 Å². The fraction of sp³-hybridized carbons (Fsp3) is 0.462. The minimum absolute atomic E-state index is 0.0428. The molecule has 10 heteroatoms. The quantitative estimate of drug-likeness (QED) is 0.464. The number of benzene rings is 2. The van der Waals surface area contributed by atoms with Gasteiger partial charge < -0.3 is 19.7 Å². The van der Waals surface area contributed by atoms with E-state index >= 15 is 0 Å². The third-order valence-corrected chi connectivity index (χ3v) is 7.34. The van der Waals surface area contributed by atoms with Gasteiger partial charge in [-0.05, 0) is 43.9 Å². The third-order valence-electron chi connectivity index (χ3n) is 6.19. The number of ether oxygens (including phenoxy) is 2. The number of sulfonamides is 1. The van der Waals surface area contributed by atoms with Gasteiger partial charge in [-0.1, -0.05) is 44.2 Å². The van der Waals surface area contributed by atoms with Crippen LogP contribution in [0.2, 0.25) is 0 Å². The largest absolute Gasteiger partial charge is 0.454 e. The minimum Gasteiger partial charge on any atom is -0.454 e. The maximum absolute atomic E-state index is 13.7. The summed E-state index contributed by atoms with van der Waals surface area (Å²) in [6.45, 7) is 5.60. The number of hydrogen-bond donors (Lipinski definition) is 1. The maximum Gasteiger partial charge on any atom is 0.244 e. The van der Waals surface area contributed by atoms with E-state index < -0.39 is 28.5 Å². The Balaban J connectivity index is 1.89. The Kier molecular flexibility index (Phi) is 9.19. The molecule has 0 saturated carbocycles. The fourth-order valence-electron chi connectivity index (χ4n) is 3.99. The van der Waals surface area contributed by atoms with Gasteiger partial charge >= 0.3 is 0 Å². The van der Waals surface area contributed by atoms with Crippen LogP contribution in [0, 0.1) is 0 Å². The highest BCUT2D eigenvalue weighted by Gasteiger charge is 2.32. The number of amides is 2. The predicted molar refractivity (Wildman–Crippen MR) is 139 cm³/mol. The van der Waals surface area contributed by atoms with Crippen LogP contribution >= 0.6 is 0 Å². The molecule has 1 N–H and O–H groups in total. The minimum atomic E-state index is -3.82. The molecule has 0 bridgehead atoms. The van der Waals surface area contributed by atoms with Gasteiger partial charge in [0.2, 0.25) is 28.6 Å². The molecule has 1 aliphatic heterocycles. The van der Waals surface area contributed by atoms with Gasteiger partial charge in [0, 0.05) is 18.7 Å². The predicted octanol–water partition coefficient (Wildman–Crippen LogP) is 2.95. The SMILES string of the molecule is CC[C@H](C(=O)N[C@@H](C)CC)N(CCc1ccccc1)C(=O)CN(c1ccc2c(c1)OCO2)S(C)(=O)=O. The van der Waals surface area contributed by atoms with E-state index in [2.05, 4.69) is 5.32 Å². The third kappa shape index (κ3) is 6.90. The Morgan fingerprint density at radius 3 is 2.36 bits per heavy atom. The summed E-state index contributed by atoms with van der Waals surface area (Å²) in [5, 5.41) is 2.96. The maximum atomic E-state index is 13.7. The summed E-state index contributed by atoms with van der Waals surface area (Å²) in [5.74, 6) is 0.215. The first-order valence-electron chi connectivity index (χ1n) is 12.1. The van der Waals surface area contributed by atoms with E-state index in [-0.39, 0.29) is 31.0 Å². The number of carbonyl (C=O) groups is 2. The Bertz CT molecular complexity index is 1160. The van der Waals surface area contributed by atoms with Crippen molar-refractivity contribution in [3.8, 4) is 11.5 Å². The molecule has 3 rings (SSSR count). The van der Waals surface area contributed by atoms with Crippen molar-refractivity contribution >= 4 is 27.5 Å². The van der Waals surface area contributed by atoms with Crippen LogP contribution in [-0.4, -0.2) is 63.4 Å². The smallest absolute Gasteiger partial charge is 0.244 e. The summed E-state index contributed by atoms with van der Waals surface area (Å²) in [6, 6.07) is 13.6. The first kappa shape index (κ1) is 27.3. The lowest BCUT2D eigenvalue weighted by molar-refractivity contribution is -0.139. The van der Waals surface area contributed by atoms with Crippen LogP contribution in [-0.2, 0) is 26.0 Å². The number of nitrogens with zero attached hydrogens (tertiary/aromatic N) is 2. The second-order valence-electron chi connectivity index (χ2n) is 8.87. The topological polar surface area (TPSA) is 105 Å². The Morgan fingerprint density at radius 1 is 1.03 bits per heavy atom. The lowest BCUT2D eigenvalue weighted by atomic mass is 10.1. The average molecular weight is 518 g/mol.